The van der Waals surface area contributed by atoms with Crippen LogP contribution >= 0.6 is 0 Å². The van der Waals surface area contributed by atoms with E-state index in [0.717, 1.165) is 23.6 Å². The van der Waals surface area contributed by atoms with Crippen molar-refractivity contribution in [1.82, 2.24) is 0 Å². The Labute approximate surface area is 103 Å². The van der Waals surface area contributed by atoms with Gasteiger partial charge in [0.1, 0.15) is 0 Å². The summed E-state index contributed by atoms with van der Waals surface area (Å²) in [5, 5.41) is 12.2. The Balaban J connectivity index is 2.12. The SMILES string of the molecule is CCC(=NO)c1ccc(C2CCCCC2)cc1. The molecule has 1 aromatic carbocycles. The second-order valence-corrected chi connectivity index (χ2v) is 4.86. The maximum atomic E-state index is 8.89. The Hall–Kier alpha value is -1.31. The molecule has 1 aliphatic rings. The van der Waals surface area contributed by atoms with Gasteiger partial charge in [-0.1, -0.05) is 55.6 Å². The quantitative estimate of drug-likeness (QED) is 0.469. The molecular formula is C15H21NO. The summed E-state index contributed by atoms with van der Waals surface area (Å²) in [7, 11) is 0. The number of hydrogen-bond acceptors (Lipinski definition) is 2. The van der Waals surface area contributed by atoms with Gasteiger partial charge < -0.3 is 5.21 Å². The van der Waals surface area contributed by atoms with Gasteiger partial charge in [0.25, 0.3) is 0 Å². The first kappa shape index (κ1) is 12.2. The molecule has 0 bridgehead atoms. The second kappa shape index (κ2) is 5.85. The van der Waals surface area contributed by atoms with Gasteiger partial charge in [0.15, 0.2) is 0 Å². The van der Waals surface area contributed by atoms with Crippen LogP contribution in [0.5, 0.6) is 0 Å². The minimum Gasteiger partial charge on any atom is -0.411 e. The normalized spacial score (nSPS) is 18.3. The minimum atomic E-state index is 0.744. The molecule has 1 saturated carbocycles. The summed E-state index contributed by atoms with van der Waals surface area (Å²) in [5.74, 6) is 0.744. The molecule has 2 heteroatoms. The minimum absolute atomic E-state index is 0.744. The molecule has 1 aromatic rings. The summed E-state index contributed by atoms with van der Waals surface area (Å²) < 4.78 is 0. The molecule has 0 atom stereocenters. The number of oxime groups is 1. The third-order valence-electron chi connectivity index (χ3n) is 3.78. The Morgan fingerprint density at radius 2 is 1.82 bits per heavy atom. The molecule has 0 saturated heterocycles. The maximum absolute atomic E-state index is 8.89. The molecule has 1 fully saturated rings. The smallest absolute Gasteiger partial charge is 0.0865 e. The van der Waals surface area contributed by atoms with Crippen molar-refractivity contribution in [3.05, 3.63) is 35.4 Å². The van der Waals surface area contributed by atoms with Gasteiger partial charge in [-0.2, -0.15) is 0 Å². The zero-order valence-electron chi connectivity index (χ0n) is 10.5. The lowest BCUT2D eigenvalue weighted by Gasteiger charge is -2.22. The van der Waals surface area contributed by atoms with Crippen LogP contribution in [0.2, 0.25) is 0 Å². The van der Waals surface area contributed by atoms with Gasteiger partial charge in [-0.05, 0) is 36.3 Å². The lowest BCUT2D eigenvalue weighted by molar-refractivity contribution is 0.318. The molecular weight excluding hydrogens is 210 g/mol. The van der Waals surface area contributed by atoms with Crippen molar-refractivity contribution in [3.8, 4) is 0 Å². The van der Waals surface area contributed by atoms with Crippen molar-refractivity contribution in [1.29, 1.82) is 0 Å². The summed E-state index contributed by atoms with van der Waals surface area (Å²) in [6.07, 6.45) is 7.54. The lowest BCUT2D eigenvalue weighted by Crippen LogP contribution is -2.05. The van der Waals surface area contributed by atoms with Gasteiger partial charge in [0, 0.05) is 0 Å². The third-order valence-corrected chi connectivity index (χ3v) is 3.78. The van der Waals surface area contributed by atoms with E-state index in [1.807, 2.05) is 6.92 Å². The third kappa shape index (κ3) is 2.87. The van der Waals surface area contributed by atoms with E-state index in [0.29, 0.717) is 0 Å². The van der Waals surface area contributed by atoms with Crippen molar-refractivity contribution in [2.24, 2.45) is 5.16 Å². The van der Waals surface area contributed by atoms with Gasteiger partial charge in [0.2, 0.25) is 0 Å². The molecule has 1 N–H and O–H groups in total. The molecule has 0 aliphatic heterocycles. The number of nitrogens with zero attached hydrogens (tertiary/aromatic N) is 1. The van der Waals surface area contributed by atoms with E-state index >= 15 is 0 Å². The van der Waals surface area contributed by atoms with Gasteiger partial charge in [-0.3, -0.25) is 0 Å². The summed E-state index contributed by atoms with van der Waals surface area (Å²) in [4.78, 5) is 0. The van der Waals surface area contributed by atoms with Gasteiger partial charge in [-0.15, -0.1) is 0 Å². The highest BCUT2D eigenvalue weighted by atomic mass is 16.4. The molecule has 1 aliphatic carbocycles. The van der Waals surface area contributed by atoms with Crippen LogP contribution in [0.4, 0.5) is 0 Å². The summed E-state index contributed by atoms with van der Waals surface area (Å²) in [6, 6.07) is 8.57. The molecule has 0 heterocycles. The van der Waals surface area contributed by atoms with E-state index < -0.39 is 0 Å². The fourth-order valence-electron chi connectivity index (χ4n) is 2.72. The molecule has 2 nitrogen and oxygen atoms in total. The number of hydrogen-bond donors (Lipinski definition) is 1. The van der Waals surface area contributed by atoms with E-state index in [1.54, 1.807) is 0 Å². The predicted molar refractivity (Wildman–Crippen MR) is 70.9 cm³/mol. The van der Waals surface area contributed by atoms with E-state index in [4.69, 9.17) is 5.21 Å². The van der Waals surface area contributed by atoms with Crippen LogP contribution in [0.3, 0.4) is 0 Å². The van der Waals surface area contributed by atoms with Crippen LogP contribution in [0.15, 0.2) is 29.4 Å². The van der Waals surface area contributed by atoms with E-state index in [2.05, 4.69) is 29.4 Å². The Bertz CT molecular complexity index is 374. The van der Waals surface area contributed by atoms with Crippen LogP contribution in [-0.2, 0) is 0 Å². The molecule has 2 rings (SSSR count). The first-order valence-corrected chi connectivity index (χ1v) is 6.66. The van der Waals surface area contributed by atoms with Crippen LogP contribution in [-0.4, -0.2) is 10.9 Å². The average Bonchev–Trinajstić information content (AvgIpc) is 2.42. The predicted octanol–water partition coefficient (Wildman–Crippen LogP) is 4.32. The maximum Gasteiger partial charge on any atom is 0.0865 e. The average molecular weight is 231 g/mol. The van der Waals surface area contributed by atoms with Crippen LogP contribution < -0.4 is 0 Å². The first-order chi connectivity index (χ1) is 8.35. The molecule has 0 radical (unpaired) electrons. The lowest BCUT2D eigenvalue weighted by atomic mass is 9.84. The topological polar surface area (TPSA) is 32.6 Å². The van der Waals surface area contributed by atoms with Gasteiger partial charge >= 0.3 is 0 Å². The zero-order chi connectivity index (χ0) is 12.1. The Morgan fingerprint density at radius 1 is 1.18 bits per heavy atom. The van der Waals surface area contributed by atoms with Crippen molar-refractivity contribution in [3.63, 3.8) is 0 Å². The zero-order valence-corrected chi connectivity index (χ0v) is 10.5. The largest absolute Gasteiger partial charge is 0.411 e. The highest BCUT2D eigenvalue weighted by Gasteiger charge is 2.15. The van der Waals surface area contributed by atoms with Crippen molar-refractivity contribution < 1.29 is 5.21 Å². The Kier molecular flexibility index (Phi) is 4.18. The van der Waals surface area contributed by atoms with E-state index in [1.165, 1.54) is 37.7 Å². The van der Waals surface area contributed by atoms with Crippen LogP contribution in [0.1, 0.15) is 62.5 Å². The fraction of sp³-hybridized carbons (Fsp3) is 0.533. The molecule has 0 spiro atoms. The summed E-state index contributed by atoms with van der Waals surface area (Å²) >= 11 is 0. The van der Waals surface area contributed by atoms with Gasteiger partial charge in [0.05, 0.1) is 5.71 Å². The van der Waals surface area contributed by atoms with Gasteiger partial charge in [-0.25, -0.2) is 0 Å². The highest BCUT2D eigenvalue weighted by Crippen LogP contribution is 2.32. The highest BCUT2D eigenvalue weighted by molar-refractivity contribution is 5.99. The van der Waals surface area contributed by atoms with Crippen LogP contribution in [0, 0.1) is 0 Å². The van der Waals surface area contributed by atoms with E-state index in [9.17, 15) is 0 Å². The summed E-state index contributed by atoms with van der Waals surface area (Å²) in [6.45, 7) is 2.00. The number of rotatable bonds is 3. The van der Waals surface area contributed by atoms with E-state index in [-0.39, 0.29) is 0 Å². The Morgan fingerprint density at radius 3 is 2.35 bits per heavy atom. The molecule has 0 amide bonds. The first-order valence-electron chi connectivity index (χ1n) is 6.66. The van der Waals surface area contributed by atoms with Crippen molar-refractivity contribution in [2.75, 3.05) is 0 Å². The molecule has 92 valence electrons. The molecule has 17 heavy (non-hydrogen) atoms. The monoisotopic (exact) mass is 231 g/mol. The van der Waals surface area contributed by atoms with Crippen LogP contribution in [0.25, 0.3) is 0 Å². The van der Waals surface area contributed by atoms with Crippen molar-refractivity contribution >= 4 is 5.71 Å². The standard InChI is InChI=1S/C15H21NO/c1-2-15(16-17)14-10-8-13(9-11-14)12-6-4-3-5-7-12/h8-12,17H,2-7H2,1H3. The second-order valence-electron chi connectivity index (χ2n) is 4.86. The molecule has 0 unspecified atom stereocenters. The summed E-state index contributed by atoms with van der Waals surface area (Å²) in [5.41, 5.74) is 3.25. The molecule has 0 aromatic heterocycles. The number of benzene rings is 1. The fourth-order valence-corrected chi connectivity index (χ4v) is 2.72. The van der Waals surface area contributed by atoms with Crippen molar-refractivity contribution in [2.45, 2.75) is 51.4 Å².